The highest BCUT2D eigenvalue weighted by atomic mass is 19.1. The zero-order valence-corrected chi connectivity index (χ0v) is 15.0. The Balaban J connectivity index is 1.75. The van der Waals surface area contributed by atoms with Crippen molar-refractivity contribution < 1.29 is 18.7 Å². The van der Waals surface area contributed by atoms with Crippen molar-refractivity contribution in [3.8, 4) is 17.2 Å². The van der Waals surface area contributed by atoms with Crippen molar-refractivity contribution in [3.05, 3.63) is 47.8 Å². The van der Waals surface area contributed by atoms with Gasteiger partial charge in [-0.15, -0.1) is 0 Å². The molecule has 3 N–H and O–H groups in total. The number of ether oxygens (including phenoxy) is 2. The highest BCUT2D eigenvalue weighted by Crippen LogP contribution is 2.34. The maximum absolute atomic E-state index is 14.4. The van der Waals surface area contributed by atoms with E-state index in [0.29, 0.717) is 30.0 Å². The molecule has 26 heavy (non-hydrogen) atoms. The molecule has 0 radical (unpaired) electrons. The molecule has 1 fully saturated rings. The Morgan fingerprint density at radius 2 is 1.81 bits per heavy atom. The molecule has 5 nitrogen and oxygen atoms in total. The van der Waals surface area contributed by atoms with E-state index in [-0.39, 0.29) is 11.7 Å². The first-order valence-electron chi connectivity index (χ1n) is 8.64. The van der Waals surface area contributed by atoms with E-state index in [1.165, 1.54) is 19.2 Å². The van der Waals surface area contributed by atoms with Crippen molar-refractivity contribution in [2.24, 2.45) is 5.73 Å². The van der Waals surface area contributed by atoms with Gasteiger partial charge in [-0.1, -0.05) is 18.9 Å². The number of carbonyl (C=O) groups is 1. The summed E-state index contributed by atoms with van der Waals surface area (Å²) in [7, 11) is 1.53. The van der Waals surface area contributed by atoms with E-state index in [1.807, 2.05) is 19.1 Å². The number of hydrogen-bond acceptors (Lipinski definition) is 4. The Bertz CT molecular complexity index is 817. The van der Waals surface area contributed by atoms with E-state index < -0.39 is 11.4 Å². The first-order valence-corrected chi connectivity index (χ1v) is 8.64. The fourth-order valence-corrected chi connectivity index (χ4v) is 3.13. The molecular formula is C20H23FN2O3. The van der Waals surface area contributed by atoms with Gasteiger partial charge in [0.05, 0.1) is 12.6 Å². The molecule has 3 rings (SSSR count). The van der Waals surface area contributed by atoms with Crippen molar-refractivity contribution in [2.45, 2.75) is 38.1 Å². The number of anilines is 1. The number of hydrogen-bond donors (Lipinski definition) is 2. The number of rotatable bonds is 5. The molecule has 1 amide bonds. The van der Waals surface area contributed by atoms with Gasteiger partial charge in [0.25, 0.3) is 0 Å². The molecule has 0 bridgehead atoms. The van der Waals surface area contributed by atoms with Crippen molar-refractivity contribution in [1.82, 2.24) is 0 Å². The fraction of sp³-hybridized carbons (Fsp3) is 0.350. The van der Waals surface area contributed by atoms with E-state index in [9.17, 15) is 9.18 Å². The van der Waals surface area contributed by atoms with Gasteiger partial charge in [0, 0.05) is 11.8 Å². The van der Waals surface area contributed by atoms with E-state index in [4.69, 9.17) is 15.2 Å². The number of nitrogens with two attached hydrogens (primary N) is 1. The molecular weight excluding hydrogens is 335 g/mol. The van der Waals surface area contributed by atoms with Gasteiger partial charge in [-0.05, 0) is 49.6 Å². The Labute approximate surface area is 152 Å². The van der Waals surface area contributed by atoms with Gasteiger partial charge in [-0.2, -0.15) is 0 Å². The summed E-state index contributed by atoms with van der Waals surface area (Å²) in [6, 6.07) is 9.68. The summed E-state index contributed by atoms with van der Waals surface area (Å²) >= 11 is 0. The third-order valence-corrected chi connectivity index (χ3v) is 4.68. The van der Waals surface area contributed by atoms with Crippen LogP contribution in [0.5, 0.6) is 17.2 Å². The summed E-state index contributed by atoms with van der Waals surface area (Å²) in [5, 5.41) is 2.70. The van der Waals surface area contributed by atoms with Crippen molar-refractivity contribution in [3.63, 3.8) is 0 Å². The molecule has 0 atom stereocenters. The van der Waals surface area contributed by atoms with E-state index in [1.54, 1.807) is 12.1 Å². The Hall–Kier alpha value is -2.60. The molecule has 0 aromatic heterocycles. The number of nitrogens with one attached hydrogen (secondary N) is 1. The number of halogens is 1. The molecule has 2 aromatic rings. The molecule has 0 spiro atoms. The minimum absolute atomic E-state index is 0.0495. The van der Waals surface area contributed by atoms with E-state index in [2.05, 4.69) is 5.32 Å². The molecule has 0 heterocycles. The van der Waals surface area contributed by atoms with Crippen molar-refractivity contribution >= 4 is 11.6 Å². The normalized spacial score (nSPS) is 15.5. The van der Waals surface area contributed by atoms with E-state index >= 15 is 0 Å². The second-order valence-corrected chi connectivity index (χ2v) is 6.72. The van der Waals surface area contributed by atoms with Gasteiger partial charge >= 0.3 is 0 Å². The smallest absolute Gasteiger partial charge is 0.244 e. The molecule has 0 aliphatic heterocycles. The lowest BCUT2D eigenvalue weighted by molar-refractivity contribution is -0.121. The predicted molar refractivity (Wildman–Crippen MR) is 98.2 cm³/mol. The monoisotopic (exact) mass is 358 g/mol. The second kappa shape index (κ2) is 7.33. The topological polar surface area (TPSA) is 73.6 Å². The summed E-state index contributed by atoms with van der Waals surface area (Å²) in [6.07, 6.45) is 3.17. The molecule has 1 aliphatic rings. The van der Waals surface area contributed by atoms with E-state index in [0.717, 1.165) is 18.4 Å². The largest absolute Gasteiger partial charge is 0.493 e. The molecule has 0 unspecified atom stereocenters. The molecule has 2 aromatic carbocycles. The van der Waals surface area contributed by atoms with Gasteiger partial charge in [0.1, 0.15) is 0 Å². The molecule has 0 saturated heterocycles. The summed E-state index contributed by atoms with van der Waals surface area (Å²) in [6.45, 7) is 1.93. The van der Waals surface area contributed by atoms with Gasteiger partial charge in [-0.25, -0.2) is 4.39 Å². The third-order valence-electron chi connectivity index (χ3n) is 4.68. The first kappa shape index (κ1) is 18.2. The number of benzene rings is 2. The molecule has 1 aliphatic carbocycles. The quantitative estimate of drug-likeness (QED) is 0.842. The van der Waals surface area contributed by atoms with Crippen LogP contribution < -0.4 is 20.5 Å². The number of aryl methyl sites for hydroxylation is 1. The number of carbonyl (C=O) groups excluding carboxylic acids is 1. The highest BCUT2D eigenvalue weighted by Gasteiger charge is 2.37. The Morgan fingerprint density at radius 3 is 2.46 bits per heavy atom. The average Bonchev–Trinajstić information content (AvgIpc) is 3.06. The number of amides is 1. The van der Waals surface area contributed by atoms with Gasteiger partial charge in [0.15, 0.2) is 23.1 Å². The van der Waals surface area contributed by atoms with Crippen molar-refractivity contribution in [2.75, 3.05) is 12.4 Å². The lowest BCUT2D eigenvalue weighted by Crippen LogP contribution is -2.48. The van der Waals surface area contributed by atoms with Crippen LogP contribution in [0.25, 0.3) is 0 Å². The third kappa shape index (κ3) is 3.80. The van der Waals surface area contributed by atoms with Crippen LogP contribution in [0.1, 0.15) is 31.2 Å². The van der Waals surface area contributed by atoms with Crippen molar-refractivity contribution in [1.29, 1.82) is 0 Å². The Morgan fingerprint density at radius 1 is 1.12 bits per heavy atom. The second-order valence-electron chi connectivity index (χ2n) is 6.72. The lowest BCUT2D eigenvalue weighted by atomic mass is 9.98. The van der Waals surface area contributed by atoms with Crippen LogP contribution in [0.15, 0.2) is 36.4 Å². The van der Waals surface area contributed by atoms with Crippen LogP contribution in [-0.4, -0.2) is 18.6 Å². The van der Waals surface area contributed by atoms with Crippen LogP contribution in [-0.2, 0) is 4.79 Å². The Kier molecular flexibility index (Phi) is 5.13. The zero-order valence-electron chi connectivity index (χ0n) is 15.0. The summed E-state index contributed by atoms with van der Waals surface area (Å²) in [5.74, 6) is 0.133. The highest BCUT2D eigenvalue weighted by molar-refractivity contribution is 5.98. The van der Waals surface area contributed by atoms with Crippen LogP contribution in [0.3, 0.4) is 0 Å². The SMILES string of the molecule is COc1cc(C)ccc1Oc1ccc(NC(=O)C2(N)CCCC2)cc1F. The average molecular weight is 358 g/mol. The van der Waals surface area contributed by atoms with Crippen LogP contribution in [0.4, 0.5) is 10.1 Å². The van der Waals surface area contributed by atoms with Gasteiger partial charge in [-0.3, -0.25) is 4.79 Å². The summed E-state index contributed by atoms with van der Waals surface area (Å²) in [4.78, 5) is 12.3. The summed E-state index contributed by atoms with van der Waals surface area (Å²) in [5.41, 5.74) is 6.62. The molecule has 1 saturated carbocycles. The van der Waals surface area contributed by atoms with Gasteiger partial charge < -0.3 is 20.5 Å². The lowest BCUT2D eigenvalue weighted by Gasteiger charge is -2.22. The minimum atomic E-state index is -0.860. The first-order chi connectivity index (χ1) is 12.4. The van der Waals surface area contributed by atoms with Crippen LogP contribution >= 0.6 is 0 Å². The molecule has 138 valence electrons. The predicted octanol–water partition coefficient (Wildman–Crippen LogP) is 4.15. The minimum Gasteiger partial charge on any atom is -0.493 e. The molecule has 6 heteroatoms. The summed E-state index contributed by atoms with van der Waals surface area (Å²) < 4.78 is 25.3. The standard InChI is InChI=1S/C20H23FN2O3/c1-13-5-7-17(18(11-13)25-2)26-16-8-6-14(12-15(16)21)23-19(24)20(22)9-3-4-10-20/h5-8,11-12H,3-4,9-10,22H2,1-2H3,(H,23,24). The van der Waals surface area contributed by atoms with Gasteiger partial charge in [0.2, 0.25) is 5.91 Å². The number of methoxy groups -OCH3 is 1. The fourth-order valence-electron chi connectivity index (χ4n) is 3.13. The maximum atomic E-state index is 14.4. The van der Waals surface area contributed by atoms with Crippen LogP contribution in [0.2, 0.25) is 0 Å². The maximum Gasteiger partial charge on any atom is 0.244 e. The van der Waals surface area contributed by atoms with Crippen LogP contribution in [0, 0.1) is 12.7 Å². The zero-order chi connectivity index (χ0) is 18.7.